The van der Waals surface area contributed by atoms with Gasteiger partial charge >= 0.3 is 0 Å². The van der Waals surface area contributed by atoms with Crippen LogP contribution in [0.1, 0.15) is 0 Å². The second-order valence-corrected chi connectivity index (χ2v) is 11.5. The van der Waals surface area contributed by atoms with Crippen LogP contribution in [0.15, 0.2) is 30.3 Å². The van der Waals surface area contributed by atoms with E-state index in [1.165, 1.54) is 5.19 Å². The van der Waals surface area contributed by atoms with Crippen molar-refractivity contribution in [2.75, 3.05) is 6.61 Å². The van der Waals surface area contributed by atoms with Crippen molar-refractivity contribution in [3.8, 4) is 0 Å². The summed E-state index contributed by atoms with van der Waals surface area (Å²) in [5.41, 5.74) is 0. The van der Waals surface area contributed by atoms with Gasteiger partial charge in [-0.3, -0.25) is 0 Å². The van der Waals surface area contributed by atoms with Crippen LogP contribution in [0.3, 0.4) is 0 Å². The molecule has 0 saturated carbocycles. The molecule has 0 spiro atoms. The third-order valence-corrected chi connectivity index (χ3v) is 11.9. The molecule has 0 aliphatic carbocycles. The minimum absolute atomic E-state index is 0.525. The Bertz CT molecular complexity index is 308. The molecule has 0 amide bonds. The minimum Gasteiger partial charge on any atom is -0.372 e. The van der Waals surface area contributed by atoms with Crippen molar-refractivity contribution >= 4 is 35.9 Å². The van der Waals surface area contributed by atoms with Crippen LogP contribution in [0.25, 0.3) is 0 Å². The van der Waals surface area contributed by atoms with E-state index in [0.29, 0.717) is 9.65 Å². The highest BCUT2D eigenvalue weighted by molar-refractivity contribution is 14.1. The molecule has 2 rings (SSSR count). The largest absolute Gasteiger partial charge is 0.372 e. The zero-order valence-electron chi connectivity index (χ0n) is 8.53. The Hall–Kier alpha value is 0.127. The van der Waals surface area contributed by atoms with Crippen LogP contribution < -0.4 is 5.19 Å². The zero-order valence-corrected chi connectivity index (χ0v) is 11.7. The molecule has 1 aromatic rings. The fourth-order valence-electron chi connectivity index (χ4n) is 1.72. The van der Waals surface area contributed by atoms with E-state index in [2.05, 4.69) is 66.0 Å². The van der Waals surface area contributed by atoms with Crippen molar-refractivity contribution < 1.29 is 4.74 Å². The maximum atomic E-state index is 5.41. The molecular formula is C11H15IOSi. The summed E-state index contributed by atoms with van der Waals surface area (Å²) in [6.45, 7) is 5.83. The van der Waals surface area contributed by atoms with Gasteiger partial charge in [0.2, 0.25) is 0 Å². The third-order valence-electron chi connectivity index (χ3n) is 2.89. The van der Waals surface area contributed by atoms with Gasteiger partial charge in [-0.2, -0.15) is 0 Å². The van der Waals surface area contributed by atoms with Crippen molar-refractivity contribution in [1.82, 2.24) is 0 Å². The first kappa shape index (κ1) is 10.6. The van der Waals surface area contributed by atoms with Gasteiger partial charge in [-0.15, -0.1) is 0 Å². The molecule has 1 aliphatic heterocycles. The van der Waals surface area contributed by atoms with Gasteiger partial charge in [-0.25, -0.2) is 0 Å². The van der Waals surface area contributed by atoms with E-state index in [9.17, 15) is 0 Å². The Morgan fingerprint density at radius 1 is 1.36 bits per heavy atom. The Morgan fingerprint density at radius 2 is 1.93 bits per heavy atom. The average Bonchev–Trinajstić information content (AvgIpc) is 3.01. The van der Waals surface area contributed by atoms with E-state index < -0.39 is 8.07 Å². The number of benzene rings is 1. The molecule has 0 aromatic heterocycles. The molecule has 1 nitrogen and oxygen atoms in total. The maximum Gasteiger partial charge on any atom is 0.0971 e. The maximum absolute atomic E-state index is 5.41. The Labute approximate surface area is 100 Å². The Balaban J connectivity index is 2.22. The molecule has 2 atom stereocenters. The predicted molar refractivity (Wildman–Crippen MR) is 71.1 cm³/mol. The van der Waals surface area contributed by atoms with Crippen LogP contribution >= 0.6 is 22.6 Å². The number of rotatable bonds is 3. The van der Waals surface area contributed by atoms with E-state index in [1.807, 2.05) is 0 Å². The highest BCUT2D eigenvalue weighted by Gasteiger charge is 2.43. The fourth-order valence-corrected chi connectivity index (χ4v) is 5.70. The SMILES string of the molecule is C[Si](C)(c1ccccc1)[C@@H](I)[C@@H]1CO1. The fraction of sp³-hybridized carbons (Fsp3) is 0.455. The number of alkyl halides is 1. The van der Waals surface area contributed by atoms with E-state index in [1.54, 1.807) is 0 Å². The van der Waals surface area contributed by atoms with Gasteiger partial charge in [0.25, 0.3) is 0 Å². The lowest BCUT2D eigenvalue weighted by molar-refractivity contribution is 0.420. The van der Waals surface area contributed by atoms with Gasteiger partial charge in [-0.1, -0.05) is 71.2 Å². The zero-order chi connectivity index (χ0) is 10.2. The van der Waals surface area contributed by atoms with Crippen LogP contribution in [-0.2, 0) is 4.74 Å². The van der Waals surface area contributed by atoms with Crippen molar-refractivity contribution in [1.29, 1.82) is 0 Å². The van der Waals surface area contributed by atoms with E-state index >= 15 is 0 Å². The summed E-state index contributed by atoms with van der Waals surface area (Å²) in [6.07, 6.45) is 0.525. The topological polar surface area (TPSA) is 12.5 Å². The van der Waals surface area contributed by atoms with Crippen molar-refractivity contribution in [3.63, 3.8) is 0 Å². The van der Waals surface area contributed by atoms with Crippen molar-refractivity contribution in [2.24, 2.45) is 0 Å². The minimum atomic E-state index is -1.32. The number of ether oxygens (including phenoxy) is 1. The highest BCUT2D eigenvalue weighted by Crippen LogP contribution is 2.29. The summed E-state index contributed by atoms with van der Waals surface area (Å²) in [5, 5.41) is 1.54. The lowest BCUT2D eigenvalue weighted by Gasteiger charge is -2.27. The molecule has 1 aliphatic rings. The van der Waals surface area contributed by atoms with Crippen molar-refractivity contribution in [3.05, 3.63) is 30.3 Å². The average molecular weight is 318 g/mol. The summed E-state index contributed by atoms with van der Waals surface area (Å²) in [7, 11) is -1.32. The first-order valence-electron chi connectivity index (χ1n) is 4.93. The molecule has 1 aromatic carbocycles. The first-order chi connectivity index (χ1) is 6.62. The molecule has 76 valence electrons. The quantitative estimate of drug-likeness (QED) is 0.361. The monoisotopic (exact) mass is 318 g/mol. The van der Waals surface area contributed by atoms with E-state index in [-0.39, 0.29) is 0 Å². The van der Waals surface area contributed by atoms with Gasteiger partial charge in [0.05, 0.1) is 20.8 Å². The number of hydrogen-bond acceptors (Lipinski definition) is 1. The summed E-state index contributed by atoms with van der Waals surface area (Å²) in [6, 6.07) is 10.9. The third kappa shape index (κ3) is 2.04. The van der Waals surface area contributed by atoms with Crippen molar-refractivity contribution in [2.45, 2.75) is 22.7 Å². The first-order valence-corrected chi connectivity index (χ1v) is 9.26. The lowest BCUT2D eigenvalue weighted by Crippen LogP contribution is -2.52. The number of hydrogen-bond donors (Lipinski definition) is 0. The summed E-state index contributed by atoms with van der Waals surface area (Å²) in [5.74, 6) is 0. The normalized spacial score (nSPS) is 23.2. The predicted octanol–water partition coefficient (Wildman–Crippen LogP) is 2.34. The summed E-state index contributed by atoms with van der Waals surface area (Å²) >= 11 is 2.58. The summed E-state index contributed by atoms with van der Waals surface area (Å²) in [4.78, 5) is 0. The highest BCUT2D eigenvalue weighted by atomic mass is 127. The number of epoxide rings is 1. The Morgan fingerprint density at radius 3 is 2.43 bits per heavy atom. The molecule has 14 heavy (non-hydrogen) atoms. The molecule has 1 heterocycles. The molecule has 0 unspecified atom stereocenters. The van der Waals surface area contributed by atoms with Crippen LogP contribution in [0.2, 0.25) is 13.1 Å². The van der Waals surface area contributed by atoms with Crippen LogP contribution in [0, 0.1) is 0 Å². The van der Waals surface area contributed by atoms with Gasteiger partial charge in [-0.05, 0) is 0 Å². The van der Waals surface area contributed by atoms with Gasteiger partial charge in [0.15, 0.2) is 0 Å². The van der Waals surface area contributed by atoms with Gasteiger partial charge in [0, 0.05) is 3.55 Å². The molecule has 3 heteroatoms. The standard InChI is InChI=1S/C11H15IOSi/c1-14(2,11(12)10-8-13-10)9-6-4-3-5-7-9/h3-7,10-11H,8H2,1-2H3/t10-,11+/m0/s1. The molecule has 1 saturated heterocycles. The smallest absolute Gasteiger partial charge is 0.0971 e. The second-order valence-electron chi connectivity index (χ2n) is 4.36. The van der Waals surface area contributed by atoms with Crippen LogP contribution in [0.4, 0.5) is 0 Å². The summed E-state index contributed by atoms with van der Waals surface area (Å²) < 4.78 is 6.10. The second kappa shape index (κ2) is 3.94. The molecule has 0 N–H and O–H groups in total. The molecular weight excluding hydrogens is 303 g/mol. The lowest BCUT2D eigenvalue weighted by atomic mass is 10.4. The molecule has 0 bridgehead atoms. The van der Waals surface area contributed by atoms with Gasteiger partial charge in [0.1, 0.15) is 0 Å². The molecule has 1 fully saturated rings. The Kier molecular flexibility index (Phi) is 3.00. The van der Waals surface area contributed by atoms with Gasteiger partial charge < -0.3 is 4.74 Å². The van der Waals surface area contributed by atoms with Crippen LogP contribution in [0.5, 0.6) is 0 Å². The van der Waals surface area contributed by atoms with E-state index in [4.69, 9.17) is 4.74 Å². The molecule has 0 radical (unpaired) electrons. The number of halogens is 1. The van der Waals surface area contributed by atoms with Crippen LogP contribution in [-0.4, -0.2) is 24.3 Å². The van der Waals surface area contributed by atoms with E-state index in [0.717, 1.165) is 6.61 Å².